The molecule has 0 aliphatic carbocycles. The Balaban J connectivity index is 2.43. The van der Waals surface area contributed by atoms with E-state index < -0.39 is 57.4 Å². The number of hydrogen-bond acceptors (Lipinski definition) is 5. The van der Waals surface area contributed by atoms with Gasteiger partial charge in [0.15, 0.2) is 0 Å². The summed E-state index contributed by atoms with van der Waals surface area (Å²) in [6.07, 6.45) is -7.02. The second-order valence-electron chi connectivity index (χ2n) is 5.27. The summed E-state index contributed by atoms with van der Waals surface area (Å²) >= 11 is 0.00718. The van der Waals surface area contributed by atoms with E-state index in [0.717, 1.165) is 12.3 Å². The highest BCUT2D eigenvalue weighted by atomic mass is 32.1. The number of nitriles is 1. The lowest BCUT2D eigenvalue weighted by atomic mass is 10.2. The Morgan fingerprint density at radius 3 is 2.43 bits per heavy atom. The zero-order valence-corrected chi connectivity index (χ0v) is 14.3. The topological polar surface area (TPSA) is 118 Å². The van der Waals surface area contributed by atoms with Gasteiger partial charge in [-0.3, -0.25) is 14.4 Å². The zero-order chi connectivity index (χ0) is 21.2. The van der Waals surface area contributed by atoms with Crippen molar-refractivity contribution in [3.8, 4) is 6.07 Å². The number of primary amides is 1. The molecule has 0 saturated carbocycles. The molecule has 13 heteroatoms. The largest absolute Gasteiger partial charge is 0.426 e. The maximum Gasteiger partial charge on any atom is 0.426 e. The standard InChI is InChI=1S/C15H9F5N4O3S/c16-10(17)5-24-4-7(2-8(12(22)25)14(24)27)23-13(26)9-1-6(3-21)11(28-9)15(18,19)20/h1-2,4,10H,5H2,(H2,22,25)(H,23,26). The molecule has 0 fully saturated rings. The summed E-state index contributed by atoms with van der Waals surface area (Å²) < 4.78 is 64.2. The zero-order valence-electron chi connectivity index (χ0n) is 13.5. The minimum absolute atomic E-state index is 0.00718. The van der Waals surface area contributed by atoms with Crippen LogP contribution in [0, 0.1) is 11.3 Å². The molecule has 0 aliphatic heterocycles. The van der Waals surface area contributed by atoms with Gasteiger partial charge in [-0.05, 0) is 12.1 Å². The number of aromatic nitrogens is 1. The van der Waals surface area contributed by atoms with E-state index in [-0.39, 0.29) is 17.0 Å². The van der Waals surface area contributed by atoms with Crippen molar-refractivity contribution in [2.45, 2.75) is 19.1 Å². The van der Waals surface area contributed by atoms with Crippen LogP contribution in [-0.4, -0.2) is 22.8 Å². The molecule has 0 radical (unpaired) electrons. The van der Waals surface area contributed by atoms with E-state index in [0.29, 0.717) is 10.6 Å². The number of nitrogens with two attached hydrogens (primary N) is 1. The summed E-state index contributed by atoms with van der Waals surface area (Å²) in [4.78, 5) is 33.6. The van der Waals surface area contributed by atoms with E-state index in [1.165, 1.54) is 6.07 Å². The van der Waals surface area contributed by atoms with Gasteiger partial charge in [0.25, 0.3) is 23.8 Å². The number of anilines is 1. The van der Waals surface area contributed by atoms with Crippen LogP contribution >= 0.6 is 11.3 Å². The van der Waals surface area contributed by atoms with Gasteiger partial charge in [0, 0.05) is 6.20 Å². The predicted octanol–water partition coefficient (Wildman–Crippen LogP) is 2.42. The molecule has 0 atom stereocenters. The quantitative estimate of drug-likeness (QED) is 0.722. The monoisotopic (exact) mass is 420 g/mol. The highest BCUT2D eigenvalue weighted by Crippen LogP contribution is 2.38. The van der Waals surface area contributed by atoms with E-state index in [2.05, 4.69) is 5.32 Å². The molecule has 0 bridgehead atoms. The van der Waals surface area contributed by atoms with Gasteiger partial charge in [0.2, 0.25) is 0 Å². The van der Waals surface area contributed by atoms with Crippen molar-refractivity contribution in [1.29, 1.82) is 5.26 Å². The minimum Gasteiger partial charge on any atom is -0.365 e. The second kappa shape index (κ2) is 7.77. The summed E-state index contributed by atoms with van der Waals surface area (Å²) in [6.45, 7) is -1.10. The number of nitrogens with zero attached hydrogens (tertiary/aromatic N) is 2. The van der Waals surface area contributed by atoms with Gasteiger partial charge >= 0.3 is 6.18 Å². The van der Waals surface area contributed by atoms with Gasteiger partial charge in [-0.2, -0.15) is 18.4 Å². The van der Waals surface area contributed by atoms with Crippen LogP contribution in [0.5, 0.6) is 0 Å². The Labute approximate surface area is 156 Å². The van der Waals surface area contributed by atoms with Gasteiger partial charge in [0.05, 0.1) is 22.7 Å². The molecule has 0 aliphatic rings. The molecule has 28 heavy (non-hydrogen) atoms. The normalized spacial score (nSPS) is 11.3. The number of hydrogen-bond donors (Lipinski definition) is 2. The van der Waals surface area contributed by atoms with Crippen molar-refractivity contribution in [1.82, 2.24) is 4.57 Å². The fraction of sp³-hybridized carbons (Fsp3) is 0.200. The van der Waals surface area contributed by atoms with Crippen LogP contribution in [0.3, 0.4) is 0 Å². The summed E-state index contributed by atoms with van der Waals surface area (Å²) in [6, 6.07) is 2.85. The lowest BCUT2D eigenvalue weighted by molar-refractivity contribution is -0.134. The maximum absolute atomic E-state index is 12.9. The fourth-order valence-corrected chi connectivity index (χ4v) is 3.02. The molecule has 2 rings (SSSR count). The van der Waals surface area contributed by atoms with Crippen LogP contribution in [0.4, 0.5) is 27.6 Å². The fourth-order valence-electron chi connectivity index (χ4n) is 2.15. The van der Waals surface area contributed by atoms with Crippen LogP contribution in [-0.2, 0) is 12.7 Å². The van der Waals surface area contributed by atoms with Gasteiger partial charge < -0.3 is 15.6 Å². The van der Waals surface area contributed by atoms with E-state index in [9.17, 15) is 36.3 Å². The van der Waals surface area contributed by atoms with Crippen molar-refractivity contribution in [3.63, 3.8) is 0 Å². The van der Waals surface area contributed by atoms with Crippen LogP contribution in [0.25, 0.3) is 0 Å². The molecule has 148 valence electrons. The Bertz CT molecular complexity index is 1040. The van der Waals surface area contributed by atoms with Crippen molar-refractivity contribution in [2.75, 3.05) is 5.32 Å². The molecule has 0 aromatic carbocycles. The van der Waals surface area contributed by atoms with Crippen molar-refractivity contribution in [3.05, 3.63) is 49.6 Å². The van der Waals surface area contributed by atoms with Crippen LogP contribution in [0.1, 0.15) is 30.5 Å². The van der Waals surface area contributed by atoms with Gasteiger partial charge in [-0.25, -0.2) is 8.78 Å². The van der Waals surface area contributed by atoms with E-state index in [1.54, 1.807) is 0 Å². The maximum atomic E-state index is 12.9. The Kier molecular flexibility index (Phi) is 5.84. The average molecular weight is 420 g/mol. The number of carbonyl (C=O) groups is 2. The highest BCUT2D eigenvalue weighted by molar-refractivity contribution is 7.14. The lowest BCUT2D eigenvalue weighted by Crippen LogP contribution is -2.31. The van der Waals surface area contributed by atoms with Gasteiger partial charge in [0.1, 0.15) is 16.5 Å². The van der Waals surface area contributed by atoms with E-state index >= 15 is 0 Å². The van der Waals surface area contributed by atoms with Gasteiger partial charge in [-0.15, -0.1) is 11.3 Å². The molecule has 2 aromatic rings. The smallest absolute Gasteiger partial charge is 0.365 e. The first-order chi connectivity index (χ1) is 12.9. The first-order valence-corrected chi connectivity index (χ1v) is 8.00. The molecule has 2 heterocycles. The van der Waals surface area contributed by atoms with Crippen LogP contribution < -0.4 is 16.6 Å². The van der Waals surface area contributed by atoms with Gasteiger partial charge in [-0.1, -0.05) is 0 Å². The number of rotatable bonds is 5. The number of alkyl halides is 5. The van der Waals surface area contributed by atoms with Crippen molar-refractivity contribution in [2.24, 2.45) is 5.73 Å². The van der Waals surface area contributed by atoms with Crippen LogP contribution in [0.2, 0.25) is 0 Å². The number of pyridine rings is 1. The third-order valence-electron chi connectivity index (χ3n) is 3.28. The summed E-state index contributed by atoms with van der Waals surface area (Å²) in [5.41, 5.74) is 2.11. The lowest BCUT2D eigenvalue weighted by Gasteiger charge is -2.11. The molecular weight excluding hydrogens is 411 g/mol. The molecule has 2 amide bonds. The van der Waals surface area contributed by atoms with Crippen molar-refractivity contribution < 1.29 is 31.5 Å². The molecule has 2 aromatic heterocycles. The molecular formula is C15H9F5N4O3S. The number of carbonyl (C=O) groups excluding carboxylic acids is 2. The third-order valence-corrected chi connectivity index (χ3v) is 4.46. The van der Waals surface area contributed by atoms with Crippen molar-refractivity contribution >= 4 is 28.8 Å². The van der Waals surface area contributed by atoms with E-state index in [4.69, 9.17) is 11.0 Å². The Morgan fingerprint density at radius 2 is 1.96 bits per heavy atom. The minimum atomic E-state index is -4.85. The second-order valence-corrected chi connectivity index (χ2v) is 6.32. The number of nitrogens with one attached hydrogen (secondary N) is 1. The molecule has 0 spiro atoms. The first kappa shape index (κ1) is 21.0. The number of thiophene rings is 1. The molecule has 0 unspecified atom stereocenters. The summed E-state index contributed by atoms with van der Waals surface area (Å²) in [7, 11) is 0. The Morgan fingerprint density at radius 1 is 1.32 bits per heavy atom. The molecule has 7 nitrogen and oxygen atoms in total. The predicted molar refractivity (Wildman–Crippen MR) is 87.2 cm³/mol. The van der Waals surface area contributed by atoms with E-state index in [1.807, 2.05) is 0 Å². The SMILES string of the molecule is N#Cc1cc(C(=O)Nc2cc(C(N)=O)c(=O)n(CC(F)F)c2)sc1C(F)(F)F. The first-order valence-electron chi connectivity index (χ1n) is 7.19. The number of halogens is 5. The third kappa shape index (κ3) is 4.52. The summed E-state index contributed by atoms with van der Waals surface area (Å²) in [5, 5.41) is 10.9. The molecule has 3 N–H and O–H groups in total. The average Bonchev–Trinajstić information content (AvgIpc) is 3.01. The van der Waals surface area contributed by atoms with Crippen LogP contribution in [0.15, 0.2) is 23.1 Å². The highest BCUT2D eigenvalue weighted by Gasteiger charge is 2.37. The Hall–Kier alpha value is -3.27. The number of amides is 2. The molecule has 0 saturated heterocycles. The summed E-state index contributed by atoms with van der Waals surface area (Å²) in [5.74, 6) is -2.35.